The van der Waals surface area contributed by atoms with Gasteiger partial charge in [0.1, 0.15) is 11.4 Å². The van der Waals surface area contributed by atoms with Crippen LogP contribution in [0.1, 0.15) is 18.9 Å². The van der Waals surface area contributed by atoms with E-state index in [1.165, 1.54) is 13.2 Å². The Kier molecular flexibility index (Phi) is 5.21. The van der Waals surface area contributed by atoms with Gasteiger partial charge in [0.2, 0.25) is 0 Å². The van der Waals surface area contributed by atoms with Crippen LogP contribution in [0.5, 0.6) is 5.75 Å². The summed E-state index contributed by atoms with van der Waals surface area (Å²) < 4.78 is 31.8. The third-order valence-electron chi connectivity index (χ3n) is 4.18. The fourth-order valence-corrected chi connectivity index (χ4v) is 2.86. The van der Waals surface area contributed by atoms with E-state index in [1.54, 1.807) is 24.3 Å². The van der Waals surface area contributed by atoms with Crippen molar-refractivity contribution in [1.82, 2.24) is 4.90 Å². The highest BCUT2D eigenvalue weighted by atomic mass is 19.2. The van der Waals surface area contributed by atoms with E-state index in [-0.39, 0.29) is 23.5 Å². The van der Waals surface area contributed by atoms with Crippen LogP contribution < -0.4 is 10.1 Å². The molecule has 2 amide bonds. The Hall–Kier alpha value is -3.22. The number of imide groups is 1. The second kappa shape index (κ2) is 7.57. The highest BCUT2D eigenvalue weighted by molar-refractivity contribution is 6.36. The van der Waals surface area contributed by atoms with E-state index >= 15 is 0 Å². The number of methoxy groups -OCH3 is 1. The first-order valence-corrected chi connectivity index (χ1v) is 8.43. The first-order chi connectivity index (χ1) is 13.0. The maximum Gasteiger partial charge on any atom is 0.278 e. The van der Waals surface area contributed by atoms with Crippen molar-refractivity contribution in [2.45, 2.75) is 13.3 Å². The molecule has 2 aromatic carbocycles. The Bertz CT molecular complexity index is 923. The van der Waals surface area contributed by atoms with Crippen molar-refractivity contribution in [3.8, 4) is 5.75 Å². The molecule has 1 N–H and O–H groups in total. The lowest BCUT2D eigenvalue weighted by Gasteiger charge is -2.13. The van der Waals surface area contributed by atoms with Crippen molar-refractivity contribution < 1.29 is 23.1 Å². The smallest absolute Gasteiger partial charge is 0.278 e. The van der Waals surface area contributed by atoms with Gasteiger partial charge in [-0.15, -0.1) is 0 Å². The molecule has 0 atom stereocenters. The Balaban J connectivity index is 2.06. The number of hydrogen-bond acceptors (Lipinski definition) is 4. The Morgan fingerprint density at radius 1 is 1.00 bits per heavy atom. The number of carbonyl (C=O) groups excluding carboxylic acids is 2. The molecule has 5 nitrogen and oxygen atoms in total. The van der Waals surface area contributed by atoms with Gasteiger partial charge < -0.3 is 10.1 Å². The SMILES string of the molecule is CCCN1C(=O)C(Nc2ccc(F)c(F)c2)=C(c2ccc(OC)cc2)C1=O. The zero-order chi connectivity index (χ0) is 19.6. The van der Waals surface area contributed by atoms with Crippen LogP contribution in [-0.2, 0) is 9.59 Å². The van der Waals surface area contributed by atoms with Gasteiger partial charge in [-0.05, 0) is 36.2 Å². The summed E-state index contributed by atoms with van der Waals surface area (Å²) in [6, 6.07) is 9.89. The van der Waals surface area contributed by atoms with Crippen molar-refractivity contribution in [2.24, 2.45) is 0 Å². The summed E-state index contributed by atoms with van der Waals surface area (Å²) in [5, 5.41) is 2.78. The van der Waals surface area contributed by atoms with E-state index in [2.05, 4.69) is 5.32 Å². The van der Waals surface area contributed by atoms with Crippen LogP contribution >= 0.6 is 0 Å². The lowest BCUT2D eigenvalue weighted by molar-refractivity contribution is -0.136. The fraction of sp³-hybridized carbons (Fsp3) is 0.200. The number of ether oxygens (including phenoxy) is 1. The van der Waals surface area contributed by atoms with Crippen LogP contribution in [0.15, 0.2) is 48.2 Å². The molecule has 0 radical (unpaired) electrons. The zero-order valence-electron chi connectivity index (χ0n) is 14.9. The highest BCUT2D eigenvalue weighted by Crippen LogP contribution is 2.31. The van der Waals surface area contributed by atoms with Gasteiger partial charge in [0.25, 0.3) is 11.8 Å². The summed E-state index contributed by atoms with van der Waals surface area (Å²) in [5.74, 6) is -2.37. The second-order valence-corrected chi connectivity index (χ2v) is 5.99. The van der Waals surface area contributed by atoms with E-state index < -0.39 is 23.4 Å². The molecule has 27 heavy (non-hydrogen) atoms. The number of anilines is 1. The summed E-state index contributed by atoms with van der Waals surface area (Å²) in [6.45, 7) is 2.12. The minimum Gasteiger partial charge on any atom is -0.497 e. The van der Waals surface area contributed by atoms with E-state index in [1.807, 2.05) is 6.92 Å². The quantitative estimate of drug-likeness (QED) is 0.788. The molecule has 0 fully saturated rings. The largest absolute Gasteiger partial charge is 0.497 e. The summed E-state index contributed by atoms with van der Waals surface area (Å²) >= 11 is 0. The number of nitrogens with one attached hydrogen (secondary N) is 1. The molecule has 0 bridgehead atoms. The monoisotopic (exact) mass is 372 g/mol. The molecule has 0 unspecified atom stereocenters. The van der Waals surface area contributed by atoms with Gasteiger partial charge in [-0.3, -0.25) is 14.5 Å². The van der Waals surface area contributed by atoms with Gasteiger partial charge in [-0.2, -0.15) is 0 Å². The maximum atomic E-state index is 13.5. The molecule has 140 valence electrons. The van der Waals surface area contributed by atoms with Gasteiger partial charge in [-0.1, -0.05) is 19.1 Å². The summed E-state index contributed by atoms with van der Waals surface area (Å²) in [6.07, 6.45) is 0.603. The summed E-state index contributed by atoms with van der Waals surface area (Å²) in [7, 11) is 1.53. The van der Waals surface area contributed by atoms with Gasteiger partial charge in [0.05, 0.1) is 12.7 Å². The van der Waals surface area contributed by atoms with Crippen LogP contribution in [-0.4, -0.2) is 30.4 Å². The topological polar surface area (TPSA) is 58.6 Å². The average Bonchev–Trinajstić information content (AvgIpc) is 2.89. The molecule has 1 aliphatic heterocycles. The van der Waals surface area contributed by atoms with Crippen molar-refractivity contribution >= 4 is 23.1 Å². The third kappa shape index (κ3) is 3.53. The second-order valence-electron chi connectivity index (χ2n) is 5.99. The number of amides is 2. The highest BCUT2D eigenvalue weighted by Gasteiger charge is 2.38. The molecule has 0 spiro atoms. The van der Waals surface area contributed by atoms with Crippen LogP contribution in [0.25, 0.3) is 5.57 Å². The lowest BCUT2D eigenvalue weighted by atomic mass is 10.0. The summed E-state index contributed by atoms with van der Waals surface area (Å²) in [4.78, 5) is 26.7. The molecule has 2 aromatic rings. The van der Waals surface area contributed by atoms with E-state index in [4.69, 9.17) is 4.74 Å². The Labute approximate surface area is 155 Å². The van der Waals surface area contributed by atoms with Gasteiger partial charge in [0, 0.05) is 18.3 Å². The molecular formula is C20H18F2N2O3. The van der Waals surface area contributed by atoms with E-state index in [0.717, 1.165) is 17.0 Å². The molecule has 0 aromatic heterocycles. The van der Waals surface area contributed by atoms with Crippen LogP contribution in [0.4, 0.5) is 14.5 Å². The predicted molar refractivity (Wildman–Crippen MR) is 96.9 cm³/mol. The first kappa shape index (κ1) is 18.6. The summed E-state index contributed by atoms with van der Waals surface area (Å²) in [5.41, 5.74) is 0.915. The van der Waals surface area contributed by atoms with Gasteiger partial charge >= 0.3 is 0 Å². The molecule has 0 saturated carbocycles. The number of rotatable bonds is 6. The van der Waals surface area contributed by atoms with Crippen LogP contribution in [0, 0.1) is 11.6 Å². The van der Waals surface area contributed by atoms with Crippen molar-refractivity contribution in [3.63, 3.8) is 0 Å². The lowest BCUT2D eigenvalue weighted by Crippen LogP contribution is -2.33. The number of halogens is 2. The Morgan fingerprint density at radius 2 is 1.70 bits per heavy atom. The number of benzene rings is 2. The minimum atomic E-state index is -1.05. The first-order valence-electron chi connectivity index (χ1n) is 8.43. The number of nitrogens with zero attached hydrogens (tertiary/aromatic N) is 1. The molecule has 1 heterocycles. The molecular weight excluding hydrogens is 354 g/mol. The van der Waals surface area contributed by atoms with Crippen molar-refractivity contribution in [1.29, 1.82) is 0 Å². The third-order valence-corrected chi connectivity index (χ3v) is 4.18. The average molecular weight is 372 g/mol. The van der Waals surface area contributed by atoms with Crippen LogP contribution in [0.3, 0.4) is 0 Å². The molecule has 7 heteroatoms. The normalized spacial score (nSPS) is 14.1. The standard InChI is InChI=1S/C20H18F2N2O3/c1-3-10-24-19(25)17(12-4-7-14(27-2)8-5-12)18(20(24)26)23-13-6-9-15(21)16(22)11-13/h4-9,11,23H,3,10H2,1-2H3. The zero-order valence-corrected chi connectivity index (χ0v) is 14.9. The Morgan fingerprint density at radius 3 is 2.30 bits per heavy atom. The molecule has 0 aliphatic carbocycles. The maximum absolute atomic E-state index is 13.5. The molecule has 3 rings (SSSR count). The van der Waals surface area contributed by atoms with Crippen molar-refractivity contribution in [3.05, 3.63) is 65.4 Å². The molecule has 0 saturated heterocycles. The number of hydrogen-bond donors (Lipinski definition) is 1. The van der Waals surface area contributed by atoms with E-state index in [9.17, 15) is 18.4 Å². The predicted octanol–water partition coefficient (Wildman–Crippen LogP) is 3.58. The van der Waals surface area contributed by atoms with Crippen molar-refractivity contribution in [2.75, 3.05) is 19.0 Å². The number of carbonyl (C=O) groups is 2. The van der Waals surface area contributed by atoms with Gasteiger partial charge in [0.15, 0.2) is 11.6 Å². The minimum absolute atomic E-state index is 0.0321. The van der Waals surface area contributed by atoms with Gasteiger partial charge in [-0.25, -0.2) is 8.78 Å². The fourth-order valence-electron chi connectivity index (χ4n) is 2.86. The van der Waals surface area contributed by atoms with E-state index in [0.29, 0.717) is 17.7 Å². The van der Waals surface area contributed by atoms with Crippen LogP contribution in [0.2, 0.25) is 0 Å². The molecule has 1 aliphatic rings.